The van der Waals surface area contributed by atoms with Crippen molar-refractivity contribution in [2.45, 2.75) is 22.1 Å². The highest BCUT2D eigenvalue weighted by Gasteiger charge is 2.65. The molecule has 0 aromatic carbocycles. The van der Waals surface area contributed by atoms with Crippen molar-refractivity contribution < 1.29 is 26.3 Å². The quantitative estimate of drug-likeness (QED) is 0.500. The van der Waals surface area contributed by atoms with Gasteiger partial charge in [0, 0.05) is 0 Å². The first-order valence-corrected chi connectivity index (χ1v) is 3.75. The van der Waals surface area contributed by atoms with E-state index >= 15 is 0 Å². The van der Waals surface area contributed by atoms with Crippen molar-refractivity contribution >= 4 is 34.8 Å². The molecule has 0 aliphatic carbocycles. The third kappa shape index (κ3) is 2.95. The fourth-order valence-corrected chi connectivity index (χ4v) is 0.720. The fraction of sp³-hybridized carbons (Fsp3) is 1.00. The van der Waals surface area contributed by atoms with Gasteiger partial charge in [-0.1, -0.05) is 23.2 Å². The monoisotopic (exact) mass is 268 g/mol. The van der Waals surface area contributed by atoms with Crippen molar-refractivity contribution in [2.75, 3.05) is 0 Å². The summed E-state index contributed by atoms with van der Waals surface area (Å²) < 4.78 is 66.3. The Kier molecular flexibility index (Phi) is 3.67. The van der Waals surface area contributed by atoms with E-state index in [-0.39, 0.29) is 0 Å². The molecule has 0 spiro atoms. The molecule has 0 radical (unpaired) electrons. The van der Waals surface area contributed by atoms with E-state index in [0.717, 1.165) is 0 Å². The Balaban J connectivity index is 4.86. The van der Waals surface area contributed by atoms with Gasteiger partial charge in [0.1, 0.15) is 0 Å². The van der Waals surface area contributed by atoms with Crippen LogP contribution in [-0.4, -0.2) is 22.1 Å². The lowest BCUT2D eigenvalue weighted by atomic mass is 10.2. The SMILES string of the molecule is FC(F)(F)[C@@H](Cl)C(Cl)(Cl)C(F)(F)F. The molecule has 0 aliphatic rings. The first-order valence-electron chi connectivity index (χ1n) is 2.56. The van der Waals surface area contributed by atoms with E-state index in [1.807, 2.05) is 0 Å². The fourth-order valence-electron chi connectivity index (χ4n) is 0.349. The topological polar surface area (TPSA) is 0 Å². The van der Waals surface area contributed by atoms with Crippen molar-refractivity contribution in [1.82, 2.24) is 0 Å². The number of halogens is 9. The van der Waals surface area contributed by atoms with Gasteiger partial charge in [-0.2, -0.15) is 26.3 Å². The van der Waals surface area contributed by atoms with Gasteiger partial charge in [-0.15, -0.1) is 11.6 Å². The largest absolute Gasteiger partial charge is 0.423 e. The predicted octanol–water partition coefficient (Wildman–Crippen LogP) is 3.89. The number of hydrogen-bond acceptors (Lipinski definition) is 0. The van der Waals surface area contributed by atoms with Crippen LogP contribution in [0.5, 0.6) is 0 Å². The number of alkyl halides is 9. The van der Waals surface area contributed by atoms with E-state index in [9.17, 15) is 26.3 Å². The number of rotatable bonds is 1. The van der Waals surface area contributed by atoms with Crippen molar-refractivity contribution in [2.24, 2.45) is 0 Å². The van der Waals surface area contributed by atoms with Gasteiger partial charge >= 0.3 is 12.4 Å². The van der Waals surface area contributed by atoms with Gasteiger partial charge < -0.3 is 0 Å². The van der Waals surface area contributed by atoms with Gasteiger partial charge in [0.15, 0.2) is 5.38 Å². The Labute approximate surface area is 83.7 Å². The van der Waals surface area contributed by atoms with E-state index in [1.54, 1.807) is 0 Å². The summed E-state index contributed by atoms with van der Waals surface area (Å²) in [7, 11) is 0. The highest BCUT2D eigenvalue weighted by molar-refractivity contribution is 6.53. The highest BCUT2D eigenvalue weighted by atomic mass is 35.5. The van der Waals surface area contributed by atoms with Gasteiger partial charge in [0.2, 0.25) is 4.33 Å². The van der Waals surface area contributed by atoms with Crippen molar-refractivity contribution in [1.29, 1.82) is 0 Å². The molecule has 0 heterocycles. The summed E-state index contributed by atoms with van der Waals surface area (Å²) in [5.74, 6) is 0. The average molecular weight is 269 g/mol. The molecule has 0 aromatic rings. The van der Waals surface area contributed by atoms with Gasteiger partial charge in [-0.05, 0) is 0 Å². The van der Waals surface area contributed by atoms with Crippen molar-refractivity contribution in [3.63, 3.8) is 0 Å². The average Bonchev–Trinajstić information content (AvgIpc) is 1.81. The summed E-state index contributed by atoms with van der Waals surface area (Å²) in [6, 6.07) is 0. The summed E-state index contributed by atoms with van der Waals surface area (Å²) >= 11 is 13.3. The standard InChI is InChI=1S/C4HCl3F6/c5-1(3(8,9)10)2(6,7)4(11,12)13/h1H/t1-/m0/s1. The van der Waals surface area contributed by atoms with Gasteiger partial charge in [0.05, 0.1) is 0 Å². The molecule has 0 nitrogen and oxygen atoms in total. The maximum absolute atomic E-state index is 11.8. The summed E-state index contributed by atoms with van der Waals surface area (Å²) in [5.41, 5.74) is 0. The Morgan fingerprint density at radius 1 is 0.846 bits per heavy atom. The van der Waals surface area contributed by atoms with Crippen LogP contribution in [0.1, 0.15) is 0 Å². The lowest BCUT2D eigenvalue weighted by molar-refractivity contribution is -0.186. The van der Waals surface area contributed by atoms with Crippen LogP contribution in [-0.2, 0) is 0 Å². The molecule has 0 fully saturated rings. The third-order valence-corrected chi connectivity index (χ3v) is 2.65. The summed E-state index contributed by atoms with van der Waals surface area (Å²) in [6.45, 7) is 0. The minimum absolute atomic E-state index is 3.40. The highest BCUT2D eigenvalue weighted by Crippen LogP contribution is 2.49. The van der Waals surface area contributed by atoms with E-state index < -0.39 is 22.1 Å². The molecule has 0 unspecified atom stereocenters. The van der Waals surface area contributed by atoms with Crippen LogP contribution >= 0.6 is 34.8 Å². The molecule has 0 aromatic heterocycles. The van der Waals surface area contributed by atoms with Crippen LogP contribution in [0.4, 0.5) is 26.3 Å². The Bertz CT molecular complexity index is 181. The van der Waals surface area contributed by atoms with E-state index in [4.69, 9.17) is 0 Å². The van der Waals surface area contributed by atoms with Crippen LogP contribution in [0, 0.1) is 0 Å². The molecule has 0 saturated heterocycles. The van der Waals surface area contributed by atoms with Crippen molar-refractivity contribution in [3.05, 3.63) is 0 Å². The molecule has 0 bridgehead atoms. The van der Waals surface area contributed by atoms with E-state index in [0.29, 0.717) is 0 Å². The Hall–Kier alpha value is 0.450. The van der Waals surface area contributed by atoms with Gasteiger partial charge in [0.25, 0.3) is 0 Å². The maximum Gasteiger partial charge on any atom is 0.423 e. The maximum atomic E-state index is 11.8. The summed E-state index contributed by atoms with van der Waals surface area (Å²) in [5, 5.41) is -3.40. The first kappa shape index (κ1) is 13.4. The van der Waals surface area contributed by atoms with Crippen LogP contribution < -0.4 is 0 Å². The zero-order chi connectivity index (χ0) is 11.1. The van der Waals surface area contributed by atoms with Gasteiger partial charge in [-0.3, -0.25) is 0 Å². The summed E-state index contributed by atoms with van der Waals surface area (Å²) in [4.78, 5) is 0. The third-order valence-electron chi connectivity index (χ3n) is 0.984. The molecule has 0 rings (SSSR count). The van der Waals surface area contributed by atoms with Crippen LogP contribution in [0.25, 0.3) is 0 Å². The zero-order valence-corrected chi connectivity index (χ0v) is 7.75. The second-order valence-electron chi connectivity index (χ2n) is 2.02. The predicted molar refractivity (Wildman–Crippen MR) is 36.2 cm³/mol. The van der Waals surface area contributed by atoms with E-state index in [2.05, 4.69) is 34.8 Å². The molecule has 80 valence electrons. The molecule has 0 amide bonds. The molecule has 0 aliphatic heterocycles. The Morgan fingerprint density at radius 3 is 1.23 bits per heavy atom. The van der Waals surface area contributed by atoms with Gasteiger partial charge in [-0.25, -0.2) is 0 Å². The second kappa shape index (κ2) is 3.55. The molecular weight excluding hydrogens is 268 g/mol. The molecule has 1 atom stereocenters. The zero-order valence-electron chi connectivity index (χ0n) is 5.48. The minimum atomic E-state index is -5.45. The summed E-state index contributed by atoms with van der Waals surface area (Å²) in [6.07, 6.45) is -10.8. The lowest BCUT2D eigenvalue weighted by Crippen LogP contribution is -2.49. The minimum Gasteiger partial charge on any atom is -0.169 e. The second-order valence-corrected chi connectivity index (χ2v) is 3.85. The molecular formula is C4HCl3F6. The van der Waals surface area contributed by atoms with Crippen LogP contribution in [0.3, 0.4) is 0 Å². The van der Waals surface area contributed by atoms with Crippen LogP contribution in [0.15, 0.2) is 0 Å². The van der Waals surface area contributed by atoms with Crippen molar-refractivity contribution in [3.8, 4) is 0 Å². The number of hydrogen-bond donors (Lipinski definition) is 0. The normalized spacial score (nSPS) is 17.3. The molecule has 0 N–H and O–H groups in total. The molecule has 0 saturated carbocycles. The lowest BCUT2D eigenvalue weighted by Gasteiger charge is -2.28. The smallest absolute Gasteiger partial charge is 0.169 e. The molecule has 13 heavy (non-hydrogen) atoms. The Morgan fingerprint density at radius 2 is 1.15 bits per heavy atom. The molecule has 9 heteroatoms. The first-order chi connectivity index (χ1) is 5.40. The van der Waals surface area contributed by atoms with E-state index in [1.165, 1.54) is 0 Å². The van der Waals surface area contributed by atoms with Crippen LogP contribution in [0.2, 0.25) is 0 Å².